The van der Waals surface area contributed by atoms with Crippen LogP contribution >= 0.6 is 0 Å². The Kier molecular flexibility index (Phi) is 8.02. The van der Waals surface area contributed by atoms with Crippen molar-refractivity contribution in [1.82, 2.24) is 4.98 Å². The number of rotatable bonds is 9. The Balaban J connectivity index is 1.64. The molecule has 0 spiro atoms. The van der Waals surface area contributed by atoms with Gasteiger partial charge in [0.1, 0.15) is 0 Å². The molecule has 3 aromatic rings. The largest absolute Gasteiger partial charge is 0.490 e. The molecular formula is C25H21F3N2O4. The Hall–Kier alpha value is -4.14. The second-order valence-corrected chi connectivity index (χ2v) is 6.99. The Bertz CT molecular complexity index is 1180. The monoisotopic (exact) mass is 470 g/mol. The molecule has 0 fully saturated rings. The van der Waals surface area contributed by atoms with Gasteiger partial charge in [0, 0.05) is 23.6 Å². The van der Waals surface area contributed by atoms with Gasteiger partial charge in [0.25, 0.3) is 5.91 Å². The van der Waals surface area contributed by atoms with Crippen LogP contribution in [0.1, 0.15) is 28.4 Å². The summed E-state index contributed by atoms with van der Waals surface area (Å²) in [7, 11) is 0. The molecule has 1 N–H and O–H groups in total. The van der Waals surface area contributed by atoms with Gasteiger partial charge in [0.15, 0.2) is 23.9 Å². The van der Waals surface area contributed by atoms with Crippen LogP contribution in [-0.4, -0.2) is 29.9 Å². The Morgan fingerprint density at radius 1 is 1.03 bits per heavy atom. The lowest BCUT2D eigenvalue weighted by molar-refractivity contribution is -0.137. The third kappa shape index (κ3) is 6.93. The minimum atomic E-state index is -4.51. The SMILES string of the molecule is CCOc1cc(C=CC(=O)c2cccnc2)ccc1OCC(=O)Nc1cccc(C(F)(F)F)c1. The van der Waals surface area contributed by atoms with Crippen molar-refractivity contribution in [2.75, 3.05) is 18.5 Å². The average molecular weight is 470 g/mol. The molecule has 2 aromatic carbocycles. The van der Waals surface area contributed by atoms with Crippen LogP contribution < -0.4 is 14.8 Å². The summed E-state index contributed by atoms with van der Waals surface area (Å²) in [6.45, 7) is 1.66. The maximum absolute atomic E-state index is 12.8. The molecule has 0 aliphatic heterocycles. The molecule has 34 heavy (non-hydrogen) atoms. The summed E-state index contributed by atoms with van der Waals surface area (Å²) in [5.41, 5.74) is 0.264. The van der Waals surface area contributed by atoms with Crippen LogP contribution in [0.25, 0.3) is 6.08 Å². The lowest BCUT2D eigenvalue weighted by Gasteiger charge is -2.13. The molecule has 0 bridgehead atoms. The highest BCUT2D eigenvalue weighted by molar-refractivity contribution is 6.06. The van der Waals surface area contributed by atoms with E-state index in [1.54, 1.807) is 49.5 Å². The van der Waals surface area contributed by atoms with Crippen LogP contribution in [-0.2, 0) is 11.0 Å². The highest BCUT2D eigenvalue weighted by Gasteiger charge is 2.30. The van der Waals surface area contributed by atoms with Gasteiger partial charge in [-0.15, -0.1) is 0 Å². The molecule has 9 heteroatoms. The number of halogens is 3. The van der Waals surface area contributed by atoms with Crippen molar-refractivity contribution in [1.29, 1.82) is 0 Å². The van der Waals surface area contributed by atoms with E-state index in [1.807, 2.05) is 0 Å². The molecule has 0 aliphatic rings. The van der Waals surface area contributed by atoms with Crippen molar-refractivity contribution in [2.45, 2.75) is 13.1 Å². The average Bonchev–Trinajstić information content (AvgIpc) is 2.82. The molecular weight excluding hydrogens is 449 g/mol. The second-order valence-electron chi connectivity index (χ2n) is 6.99. The van der Waals surface area contributed by atoms with E-state index in [2.05, 4.69) is 10.3 Å². The van der Waals surface area contributed by atoms with Crippen LogP contribution in [0.15, 0.2) is 73.1 Å². The number of pyridine rings is 1. The van der Waals surface area contributed by atoms with E-state index in [4.69, 9.17) is 9.47 Å². The first-order valence-electron chi connectivity index (χ1n) is 10.3. The quantitative estimate of drug-likeness (QED) is 0.334. The van der Waals surface area contributed by atoms with Crippen molar-refractivity contribution >= 4 is 23.5 Å². The number of ether oxygens (including phenoxy) is 2. The van der Waals surface area contributed by atoms with E-state index >= 15 is 0 Å². The lowest BCUT2D eigenvalue weighted by atomic mass is 10.1. The summed E-state index contributed by atoms with van der Waals surface area (Å²) >= 11 is 0. The number of hydrogen-bond donors (Lipinski definition) is 1. The maximum Gasteiger partial charge on any atom is 0.416 e. The molecule has 0 atom stereocenters. The highest BCUT2D eigenvalue weighted by atomic mass is 19.4. The maximum atomic E-state index is 12.8. The predicted octanol–water partition coefficient (Wildman–Crippen LogP) is 5.41. The third-order valence-corrected chi connectivity index (χ3v) is 4.47. The van der Waals surface area contributed by atoms with Gasteiger partial charge in [-0.1, -0.05) is 18.2 Å². The van der Waals surface area contributed by atoms with E-state index in [9.17, 15) is 22.8 Å². The van der Waals surface area contributed by atoms with Crippen LogP contribution in [0.4, 0.5) is 18.9 Å². The summed E-state index contributed by atoms with van der Waals surface area (Å²) in [5.74, 6) is -0.215. The van der Waals surface area contributed by atoms with E-state index in [0.717, 1.165) is 12.1 Å². The van der Waals surface area contributed by atoms with Crippen LogP contribution in [0.2, 0.25) is 0 Å². The van der Waals surface area contributed by atoms with Gasteiger partial charge in [-0.25, -0.2) is 0 Å². The van der Waals surface area contributed by atoms with Gasteiger partial charge in [-0.3, -0.25) is 14.6 Å². The molecule has 0 saturated heterocycles. The summed E-state index contributed by atoms with van der Waals surface area (Å²) < 4.78 is 49.6. The Labute approximate surface area is 194 Å². The number of ketones is 1. The minimum absolute atomic E-state index is 0.00669. The number of nitrogens with zero attached hydrogens (tertiary/aromatic N) is 1. The lowest BCUT2D eigenvalue weighted by Crippen LogP contribution is -2.20. The zero-order chi connectivity index (χ0) is 24.6. The number of carbonyl (C=O) groups is 2. The number of nitrogens with one attached hydrogen (secondary N) is 1. The standard InChI is InChI=1S/C25H21F3N2O4/c1-2-33-23-13-17(8-10-21(31)18-5-4-12-29-15-18)9-11-22(23)34-16-24(32)30-20-7-3-6-19(14-20)25(26,27)28/h3-15H,2,16H2,1H3,(H,30,32). The zero-order valence-electron chi connectivity index (χ0n) is 18.1. The highest BCUT2D eigenvalue weighted by Crippen LogP contribution is 2.31. The number of benzene rings is 2. The summed E-state index contributed by atoms with van der Waals surface area (Å²) in [6.07, 6.45) is 1.56. The van der Waals surface area contributed by atoms with Crippen LogP contribution in [0.3, 0.4) is 0 Å². The molecule has 3 rings (SSSR count). The zero-order valence-corrected chi connectivity index (χ0v) is 18.1. The van der Waals surface area contributed by atoms with Gasteiger partial charge in [-0.2, -0.15) is 13.2 Å². The van der Waals surface area contributed by atoms with E-state index in [1.165, 1.54) is 24.4 Å². The van der Waals surface area contributed by atoms with Crippen LogP contribution in [0, 0.1) is 0 Å². The first-order chi connectivity index (χ1) is 16.3. The Morgan fingerprint density at radius 3 is 2.56 bits per heavy atom. The summed E-state index contributed by atoms with van der Waals surface area (Å²) in [4.78, 5) is 28.3. The van der Waals surface area contributed by atoms with Crippen molar-refractivity contribution in [3.8, 4) is 11.5 Å². The van der Waals surface area contributed by atoms with Gasteiger partial charge >= 0.3 is 6.18 Å². The third-order valence-electron chi connectivity index (χ3n) is 4.47. The van der Waals surface area contributed by atoms with E-state index in [-0.39, 0.29) is 17.2 Å². The van der Waals surface area contributed by atoms with Crippen molar-refractivity contribution in [3.63, 3.8) is 0 Å². The van der Waals surface area contributed by atoms with Gasteiger partial charge in [0.2, 0.25) is 0 Å². The van der Waals surface area contributed by atoms with Crippen molar-refractivity contribution < 1.29 is 32.2 Å². The van der Waals surface area contributed by atoms with E-state index in [0.29, 0.717) is 23.5 Å². The number of carbonyl (C=O) groups excluding carboxylic acids is 2. The molecule has 0 aliphatic carbocycles. The first-order valence-corrected chi connectivity index (χ1v) is 10.3. The fourth-order valence-corrected chi connectivity index (χ4v) is 2.91. The minimum Gasteiger partial charge on any atom is -0.490 e. The summed E-state index contributed by atoms with van der Waals surface area (Å²) in [5, 5.41) is 2.38. The van der Waals surface area contributed by atoms with Crippen molar-refractivity contribution in [3.05, 3.63) is 89.8 Å². The summed E-state index contributed by atoms with van der Waals surface area (Å²) in [6, 6.07) is 12.6. The molecule has 0 saturated carbocycles. The normalized spacial score (nSPS) is 11.3. The number of allylic oxidation sites excluding steroid dienone is 1. The number of amides is 1. The predicted molar refractivity (Wildman–Crippen MR) is 121 cm³/mol. The molecule has 176 valence electrons. The van der Waals surface area contributed by atoms with Crippen molar-refractivity contribution in [2.24, 2.45) is 0 Å². The number of aromatic nitrogens is 1. The van der Waals surface area contributed by atoms with Gasteiger partial charge in [0.05, 0.1) is 12.2 Å². The van der Waals surface area contributed by atoms with Gasteiger partial charge < -0.3 is 14.8 Å². The molecule has 1 heterocycles. The number of hydrogen-bond acceptors (Lipinski definition) is 5. The van der Waals surface area contributed by atoms with Crippen LogP contribution in [0.5, 0.6) is 11.5 Å². The fourth-order valence-electron chi connectivity index (χ4n) is 2.91. The number of anilines is 1. The molecule has 1 aromatic heterocycles. The molecule has 1 amide bonds. The first kappa shape index (κ1) is 24.5. The van der Waals surface area contributed by atoms with E-state index < -0.39 is 24.3 Å². The molecule has 0 radical (unpaired) electrons. The second kappa shape index (κ2) is 11.1. The number of alkyl halides is 3. The topological polar surface area (TPSA) is 77.5 Å². The fraction of sp³-hybridized carbons (Fsp3) is 0.160. The molecule has 0 unspecified atom stereocenters. The van der Waals surface area contributed by atoms with Gasteiger partial charge in [-0.05, 0) is 61.0 Å². The molecule has 6 nitrogen and oxygen atoms in total. The smallest absolute Gasteiger partial charge is 0.416 e. The Morgan fingerprint density at radius 2 is 1.85 bits per heavy atom.